The molecule has 1 aromatic carbocycles. The third kappa shape index (κ3) is 5.92. The first-order valence-electron chi connectivity index (χ1n) is 5.25. The van der Waals surface area contributed by atoms with Gasteiger partial charge in [-0.25, -0.2) is 0 Å². The van der Waals surface area contributed by atoms with Crippen LogP contribution in [-0.4, -0.2) is 19.3 Å². The molecule has 1 rings (SSSR count). The summed E-state index contributed by atoms with van der Waals surface area (Å²) in [5.41, 5.74) is 1.29. The Hall–Kier alpha value is -0.380. The molecule has 0 fully saturated rings. The summed E-state index contributed by atoms with van der Waals surface area (Å²) in [6.07, 6.45) is 0.317. The van der Waals surface area contributed by atoms with Crippen LogP contribution in [0.4, 0.5) is 0 Å². The Bertz CT molecular complexity index is 289. The van der Waals surface area contributed by atoms with Gasteiger partial charge in [-0.1, -0.05) is 28.1 Å². The quantitative estimate of drug-likeness (QED) is 0.804. The predicted octanol–water partition coefficient (Wildman–Crippen LogP) is 2.96. The minimum atomic E-state index is 0.317. The molecule has 0 aliphatic carbocycles. The van der Waals surface area contributed by atoms with Crippen molar-refractivity contribution in [2.75, 3.05) is 13.2 Å². The molecule has 84 valence electrons. The van der Waals surface area contributed by atoms with Crippen LogP contribution in [0.3, 0.4) is 0 Å². The zero-order valence-electron chi connectivity index (χ0n) is 9.29. The first kappa shape index (κ1) is 12.7. The van der Waals surface area contributed by atoms with Gasteiger partial charge >= 0.3 is 0 Å². The molecule has 0 saturated heterocycles. The van der Waals surface area contributed by atoms with E-state index in [-0.39, 0.29) is 0 Å². The van der Waals surface area contributed by atoms with E-state index < -0.39 is 0 Å². The zero-order valence-corrected chi connectivity index (χ0v) is 10.9. The Labute approximate surface area is 100 Å². The minimum Gasteiger partial charge on any atom is -0.377 e. The van der Waals surface area contributed by atoms with Gasteiger partial charge in [0.15, 0.2) is 0 Å². The van der Waals surface area contributed by atoms with Crippen LogP contribution in [0.1, 0.15) is 19.4 Å². The average Bonchev–Trinajstić information content (AvgIpc) is 2.17. The van der Waals surface area contributed by atoms with E-state index in [0.717, 1.165) is 24.2 Å². The molecule has 3 heteroatoms. The molecule has 1 aromatic rings. The van der Waals surface area contributed by atoms with E-state index >= 15 is 0 Å². The third-order valence-electron chi connectivity index (χ3n) is 1.95. The second-order valence-electron chi connectivity index (χ2n) is 3.73. The van der Waals surface area contributed by atoms with Gasteiger partial charge < -0.3 is 10.1 Å². The summed E-state index contributed by atoms with van der Waals surface area (Å²) in [5, 5.41) is 3.34. The summed E-state index contributed by atoms with van der Waals surface area (Å²) in [7, 11) is 0. The highest BCUT2D eigenvalue weighted by molar-refractivity contribution is 9.10. The van der Waals surface area contributed by atoms with Crippen molar-refractivity contribution >= 4 is 15.9 Å². The molecule has 0 aliphatic heterocycles. The summed E-state index contributed by atoms with van der Waals surface area (Å²) in [5.74, 6) is 0. The first-order valence-corrected chi connectivity index (χ1v) is 6.04. The normalized spacial score (nSPS) is 10.9. The number of rotatable bonds is 6. The minimum absolute atomic E-state index is 0.317. The SMILES string of the molecule is CC(C)OCCNCc1cccc(Br)c1. The highest BCUT2D eigenvalue weighted by Crippen LogP contribution is 2.11. The molecule has 0 bridgehead atoms. The van der Waals surface area contributed by atoms with Crippen LogP contribution in [0.15, 0.2) is 28.7 Å². The number of hydrogen-bond acceptors (Lipinski definition) is 2. The Balaban J connectivity index is 2.15. The summed E-state index contributed by atoms with van der Waals surface area (Å²) in [4.78, 5) is 0. The molecule has 2 nitrogen and oxygen atoms in total. The van der Waals surface area contributed by atoms with Crippen molar-refractivity contribution in [2.24, 2.45) is 0 Å². The standard InChI is InChI=1S/C12H18BrNO/c1-10(2)15-7-6-14-9-11-4-3-5-12(13)8-11/h3-5,8,10,14H,6-7,9H2,1-2H3. The average molecular weight is 272 g/mol. The van der Waals surface area contributed by atoms with Crippen LogP contribution in [0.5, 0.6) is 0 Å². The van der Waals surface area contributed by atoms with Crippen molar-refractivity contribution in [1.82, 2.24) is 5.32 Å². The molecule has 0 atom stereocenters. The smallest absolute Gasteiger partial charge is 0.0594 e. The van der Waals surface area contributed by atoms with E-state index in [2.05, 4.69) is 33.4 Å². The van der Waals surface area contributed by atoms with E-state index in [9.17, 15) is 0 Å². The molecule has 0 spiro atoms. The Morgan fingerprint density at radius 3 is 2.87 bits per heavy atom. The van der Waals surface area contributed by atoms with Gasteiger partial charge in [-0.15, -0.1) is 0 Å². The lowest BCUT2D eigenvalue weighted by Gasteiger charge is -2.08. The lowest BCUT2D eigenvalue weighted by Crippen LogP contribution is -2.20. The van der Waals surface area contributed by atoms with Crippen LogP contribution in [0, 0.1) is 0 Å². The summed E-state index contributed by atoms with van der Waals surface area (Å²) >= 11 is 3.45. The molecule has 0 amide bonds. The van der Waals surface area contributed by atoms with Gasteiger partial charge in [0, 0.05) is 17.6 Å². The maximum absolute atomic E-state index is 5.43. The number of nitrogens with one attached hydrogen (secondary N) is 1. The van der Waals surface area contributed by atoms with Crippen LogP contribution in [0.25, 0.3) is 0 Å². The number of ether oxygens (including phenoxy) is 1. The number of benzene rings is 1. The van der Waals surface area contributed by atoms with Gasteiger partial charge in [0.05, 0.1) is 12.7 Å². The topological polar surface area (TPSA) is 21.3 Å². The number of halogens is 1. The molecule has 0 saturated carbocycles. The van der Waals surface area contributed by atoms with E-state index in [4.69, 9.17) is 4.74 Å². The molecule has 0 radical (unpaired) electrons. The van der Waals surface area contributed by atoms with Crippen LogP contribution in [-0.2, 0) is 11.3 Å². The van der Waals surface area contributed by atoms with E-state index in [0.29, 0.717) is 6.10 Å². The maximum atomic E-state index is 5.43. The van der Waals surface area contributed by atoms with Crippen molar-refractivity contribution in [1.29, 1.82) is 0 Å². The second kappa shape index (κ2) is 6.99. The van der Waals surface area contributed by atoms with E-state index in [1.807, 2.05) is 26.0 Å². The van der Waals surface area contributed by atoms with Gasteiger partial charge in [0.2, 0.25) is 0 Å². The Morgan fingerprint density at radius 1 is 1.40 bits per heavy atom. The van der Waals surface area contributed by atoms with Gasteiger partial charge in [-0.2, -0.15) is 0 Å². The molecule has 15 heavy (non-hydrogen) atoms. The zero-order chi connectivity index (χ0) is 11.1. The fourth-order valence-corrected chi connectivity index (χ4v) is 1.69. The van der Waals surface area contributed by atoms with E-state index in [1.165, 1.54) is 5.56 Å². The Kier molecular flexibility index (Phi) is 5.91. The summed E-state index contributed by atoms with van der Waals surface area (Å²) in [6.45, 7) is 6.65. The fourth-order valence-electron chi connectivity index (χ4n) is 1.25. The number of hydrogen-bond donors (Lipinski definition) is 1. The van der Waals surface area contributed by atoms with Crippen molar-refractivity contribution in [3.8, 4) is 0 Å². The highest BCUT2D eigenvalue weighted by Gasteiger charge is 1.95. The van der Waals surface area contributed by atoms with Crippen molar-refractivity contribution in [2.45, 2.75) is 26.5 Å². The lowest BCUT2D eigenvalue weighted by molar-refractivity contribution is 0.0807. The molecule has 0 aliphatic rings. The van der Waals surface area contributed by atoms with Crippen LogP contribution >= 0.6 is 15.9 Å². The second-order valence-corrected chi connectivity index (χ2v) is 4.64. The molecular weight excluding hydrogens is 254 g/mol. The van der Waals surface area contributed by atoms with Gasteiger partial charge in [0.25, 0.3) is 0 Å². The van der Waals surface area contributed by atoms with Crippen molar-refractivity contribution in [3.05, 3.63) is 34.3 Å². The predicted molar refractivity (Wildman–Crippen MR) is 66.9 cm³/mol. The molecule has 0 aromatic heterocycles. The largest absolute Gasteiger partial charge is 0.377 e. The molecule has 0 heterocycles. The lowest BCUT2D eigenvalue weighted by atomic mass is 10.2. The van der Waals surface area contributed by atoms with Crippen LogP contribution < -0.4 is 5.32 Å². The fraction of sp³-hybridized carbons (Fsp3) is 0.500. The maximum Gasteiger partial charge on any atom is 0.0594 e. The van der Waals surface area contributed by atoms with Gasteiger partial charge in [-0.3, -0.25) is 0 Å². The van der Waals surface area contributed by atoms with Crippen molar-refractivity contribution in [3.63, 3.8) is 0 Å². The molecular formula is C12H18BrNO. The first-order chi connectivity index (χ1) is 7.18. The van der Waals surface area contributed by atoms with Gasteiger partial charge in [-0.05, 0) is 31.5 Å². The highest BCUT2D eigenvalue weighted by atomic mass is 79.9. The van der Waals surface area contributed by atoms with Crippen molar-refractivity contribution < 1.29 is 4.74 Å². The van der Waals surface area contributed by atoms with Crippen LogP contribution in [0.2, 0.25) is 0 Å². The van der Waals surface area contributed by atoms with Gasteiger partial charge in [0.1, 0.15) is 0 Å². The third-order valence-corrected chi connectivity index (χ3v) is 2.44. The summed E-state index contributed by atoms with van der Waals surface area (Å²) in [6, 6.07) is 8.31. The molecule has 0 unspecified atom stereocenters. The van der Waals surface area contributed by atoms with E-state index in [1.54, 1.807) is 0 Å². The Morgan fingerprint density at radius 2 is 2.20 bits per heavy atom. The molecule has 1 N–H and O–H groups in total. The monoisotopic (exact) mass is 271 g/mol. The summed E-state index contributed by atoms with van der Waals surface area (Å²) < 4.78 is 6.56.